The minimum Gasteiger partial charge on any atom is -0.350 e. The lowest BCUT2D eigenvalue weighted by Gasteiger charge is -2.35. The summed E-state index contributed by atoms with van der Waals surface area (Å²) in [4.78, 5) is 29.1. The number of hydrogen-bond donors (Lipinski definition) is 1. The smallest absolute Gasteiger partial charge is 0.264 e. The van der Waals surface area contributed by atoms with Crippen molar-refractivity contribution in [2.75, 3.05) is 10.8 Å². The van der Waals surface area contributed by atoms with Crippen molar-refractivity contribution < 1.29 is 18.0 Å². The molecule has 0 heterocycles. The molecule has 3 aromatic carbocycles. The van der Waals surface area contributed by atoms with Crippen LogP contribution in [0.3, 0.4) is 0 Å². The molecule has 0 bridgehead atoms. The van der Waals surface area contributed by atoms with E-state index in [0.29, 0.717) is 27.7 Å². The Bertz CT molecular complexity index is 1450. The first-order chi connectivity index (χ1) is 19.3. The number of anilines is 1. The third kappa shape index (κ3) is 8.03. The van der Waals surface area contributed by atoms with Crippen LogP contribution in [0.15, 0.2) is 77.7 Å². The number of nitrogens with zero attached hydrogens (tertiary/aromatic N) is 2. The van der Waals surface area contributed by atoms with E-state index in [-0.39, 0.29) is 23.8 Å². The Morgan fingerprint density at radius 1 is 0.878 bits per heavy atom. The van der Waals surface area contributed by atoms with E-state index < -0.39 is 34.1 Å². The average molecular weight is 619 g/mol. The molecule has 2 amide bonds. The van der Waals surface area contributed by atoms with E-state index in [2.05, 4.69) is 5.32 Å². The lowest BCUT2D eigenvalue weighted by Crippen LogP contribution is -2.55. The molecule has 0 saturated carbocycles. The van der Waals surface area contributed by atoms with E-state index in [1.165, 1.54) is 17.0 Å². The Labute approximate surface area is 253 Å². The van der Waals surface area contributed by atoms with Gasteiger partial charge in [0.25, 0.3) is 10.0 Å². The molecule has 41 heavy (non-hydrogen) atoms. The maximum atomic E-state index is 14.3. The number of aryl methyl sites for hydroxylation is 1. The summed E-state index contributed by atoms with van der Waals surface area (Å²) >= 11 is 13.0. The molecular weight excluding hydrogens is 581 g/mol. The largest absolute Gasteiger partial charge is 0.350 e. The average Bonchev–Trinajstić information content (AvgIpc) is 2.92. The number of benzene rings is 3. The molecule has 0 unspecified atom stereocenters. The van der Waals surface area contributed by atoms with Crippen LogP contribution >= 0.6 is 23.2 Å². The summed E-state index contributed by atoms with van der Waals surface area (Å²) in [6, 6.07) is 19.2. The Hall–Kier alpha value is -3.07. The molecule has 1 N–H and O–H groups in total. The van der Waals surface area contributed by atoms with Crippen molar-refractivity contribution in [3.63, 3.8) is 0 Å². The molecule has 3 aromatic rings. The molecule has 0 aliphatic carbocycles. The number of sulfonamides is 1. The number of para-hydroxylation sites is 1. The molecule has 0 aromatic heterocycles. The molecule has 0 spiro atoms. The summed E-state index contributed by atoms with van der Waals surface area (Å²) in [5, 5.41) is 3.63. The lowest BCUT2D eigenvalue weighted by atomic mass is 10.1. The monoisotopic (exact) mass is 617 g/mol. The molecule has 7 nitrogen and oxygen atoms in total. The number of nitrogens with one attached hydrogen (secondary N) is 1. The normalized spacial score (nSPS) is 12.5. The standard InChI is InChI=1S/C31H37Cl2N3O4S/c1-6-22-14-11-12-19-28(22)36(41(39,40)23-15-9-8-10-16-23)21-29(37)35(20-24-25(32)17-13-18-26(24)33)27(7-2)30(38)34-31(3,4)5/h8-19,27H,6-7,20-21H2,1-5H3,(H,34,38)/t27-/m1/s1. The summed E-state index contributed by atoms with van der Waals surface area (Å²) in [6.45, 7) is 8.66. The van der Waals surface area contributed by atoms with Gasteiger partial charge in [-0.05, 0) is 69.5 Å². The second-order valence-corrected chi connectivity index (χ2v) is 13.4. The fourth-order valence-corrected chi connectivity index (χ4v) is 6.50. The second-order valence-electron chi connectivity index (χ2n) is 10.7. The van der Waals surface area contributed by atoms with Gasteiger partial charge in [-0.25, -0.2) is 8.42 Å². The van der Waals surface area contributed by atoms with Gasteiger partial charge >= 0.3 is 0 Å². The van der Waals surface area contributed by atoms with E-state index >= 15 is 0 Å². The topological polar surface area (TPSA) is 86.8 Å². The van der Waals surface area contributed by atoms with Crippen LogP contribution in [0.4, 0.5) is 5.69 Å². The molecular formula is C31H37Cl2N3O4S. The quantitative estimate of drug-likeness (QED) is 0.267. The van der Waals surface area contributed by atoms with Gasteiger partial charge in [0.05, 0.1) is 10.6 Å². The molecule has 0 aliphatic heterocycles. The summed E-state index contributed by atoms with van der Waals surface area (Å²) < 4.78 is 29.2. The van der Waals surface area contributed by atoms with Crippen LogP contribution in [-0.2, 0) is 32.6 Å². The number of hydrogen-bond acceptors (Lipinski definition) is 4. The van der Waals surface area contributed by atoms with Crippen LogP contribution < -0.4 is 9.62 Å². The Morgan fingerprint density at radius 2 is 1.46 bits per heavy atom. The van der Waals surface area contributed by atoms with E-state index in [1.807, 2.05) is 39.8 Å². The van der Waals surface area contributed by atoms with Crippen molar-refractivity contribution in [1.82, 2.24) is 10.2 Å². The van der Waals surface area contributed by atoms with Crippen molar-refractivity contribution in [2.24, 2.45) is 0 Å². The van der Waals surface area contributed by atoms with Gasteiger partial charge in [-0.1, -0.05) is 79.5 Å². The molecule has 0 aliphatic rings. The SMILES string of the molecule is CCc1ccccc1N(CC(=O)N(Cc1c(Cl)cccc1Cl)[C@H](CC)C(=O)NC(C)(C)C)S(=O)(=O)c1ccccc1. The van der Waals surface area contributed by atoms with Gasteiger partial charge in [0.1, 0.15) is 12.6 Å². The number of carbonyl (C=O) groups is 2. The first-order valence-electron chi connectivity index (χ1n) is 13.5. The summed E-state index contributed by atoms with van der Waals surface area (Å²) in [7, 11) is -4.15. The van der Waals surface area contributed by atoms with Crippen molar-refractivity contribution in [2.45, 2.75) is 70.5 Å². The van der Waals surface area contributed by atoms with E-state index in [1.54, 1.807) is 55.5 Å². The van der Waals surface area contributed by atoms with Crippen LogP contribution in [0, 0.1) is 0 Å². The Morgan fingerprint density at radius 3 is 2.02 bits per heavy atom. The molecule has 0 saturated heterocycles. The van der Waals surface area contributed by atoms with E-state index in [4.69, 9.17) is 23.2 Å². The van der Waals surface area contributed by atoms with Gasteiger partial charge in [-0.15, -0.1) is 0 Å². The first kappa shape index (κ1) is 32.4. The van der Waals surface area contributed by atoms with Crippen LogP contribution in [0.25, 0.3) is 0 Å². The zero-order valence-electron chi connectivity index (χ0n) is 24.0. The van der Waals surface area contributed by atoms with Crippen LogP contribution in [0.5, 0.6) is 0 Å². The zero-order chi connectivity index (χ0) is 30.4. The fraction of sp³-hybridized carbons (Fsp3) is 0.355. The minimum atomic E-state index is -4.15. The van der Waals surface area contributed by atoms with Crippen molar-refractivity contribution in [3.8, 4) is 0 Å². The predicted molar refractivity (Wildman–Crippen MR) is 166 cm³/mol. The molecule has 220 valence electrons. The second kappa shape index (κ2) is 13.7. The highest BCUT2D eigenvalue weighted by molar-refractivity contribution is 7.92. The summed E-state index contributed by atoms with van der Waals surface area (Å²) in [5.74, 6) is -0.926. The molecule has 10 heteroatoms. The number of rotatable bonds is 11. The van der Waals surface area contributed by atoms with Gasteiger partial charge in [-0.2, -0.15) is 0 Å². The van der Waals surface area contributed by atoms with Crippen molar-refractivity contribution in [1.29, 1.82) is 0 Å². The highest BCUT2D eigenvalue weighted by Gasteiger charge is 2.35. The molecule has 0 radical (unpaired) electrons. The minimum absolute atomic E-state index is 0.0527. The highest BCUT2D eigenvalue weighted by atomic mass is 35.5. The summed E-state index contributed by atoms with van der Waals surface area (Å²) in [6.07, 6.45) is 0.836. The fourth-order valence-electron chi connectivity index (χ4n) is 4.51. The Balaban J connectivity index is 2.14. The molecule has 1 atom stereocenters. The van der Waals surface area contributed by atoms with Crippen molar-refractivity contribution in [3.05, 3.63) is 94.0 Å². The van der Waals surface area contributed by atoms with Gasteiger partial charge < -0.3 is 10.2 Å². The lowest BCUT2D eigenvalue weighted by molar-refractivity contribution is -0.141. The van der Waals surface area contributed by atoms with Crippen LogP contribution in [-0.4, -0.2) is 43.3 Å². The van der Waals surface area contributed by atoms with E-state index in [0.717, 1.165) is 9.87 Å². The molecule has 0 fully saturated rings. The third-order valence-electron chi connectivity index (χ3n) is 6.53. The maximum Gasteiger partial charge on any atom is 0.264 e. The van der Waals surface area contributed by atoms with Gasteiger partial charge in [0, 0.05) is 27.7 Å². The van der Waals surface area contributed by atoms with Gasteiger partial charge in [0.2, 0.25) is 11.8 Å². The van der Waals surface area contributed by atoms with Gasteiger partial charge in [-0.3, -0.25) is 13.9 Å². The van der Waals surface area contributed by atoms with Crippen LogP contribution in [0.2, 0.25) is 10.0 Å². The predicted octanol–water partition coefficient (Wildman–Crippen LogP) is 6.47. The number of amides is 2. The van der Waals surface area contributed by atoms with E-state index in [9.17, 15) is 18.0 Å². The summed E-state index contributed by atoms with van der Waals surface area (Å²) in [5.41, 5.74) is 1.08. The zero-order valence-corrected chi connectivity index (χ0v) is 26.4. The maximum absolute atomic E-state index is 14.3. The highest BCUT2D eigenvalue weighted by Crippen LogP contribution is 2.30. The molecule has 3 rings (SSSR count). The Kier molecular flexibility index (Phi) is 10.9. The van der Waals surface area contributed by atoms with Crippen LogP contribution in [0.1, 0.15) is 52.2 Å². The van der Waals surface area contributed by atoms with Gasteiger partial charge in [0.15, 0.2) is 0 Å². The third-order valence-corrected chi connectivity index (χ3v) is 9.01. The number of halogens is 2. The van der Waals surface area contributed by atoms with Crippen molar-refractivity contribution >= 4 is 50.7 Å². The number of carbonyl (C=O) groups excluding carboxylic acids is 2. The first-order valence-corrected chi connectivity index (χ1v) is 15.7.